The highest BCUT2D eigenvalue weighted by Crippen LogP contribution is 2.19. The van der Waals surface area contributed by atoms with Gasteiger partial charge in [0.25, 0.3) is 0 Å². The van der Waals surface area contributed by atoms with E-state index in [0.717, 1.165) is 16.8 Å². The predicted molar refractivity (Wildman–Crippen MR) is 125 cm³/mol. The van der Waals surface area contributed by atoms with Gasteiger partial charge in [0, 0.05) is 43.0 Å². The third-order valence-electron chi connectivity index (χ3n) is 4.92. The van der Waals surface area contributed by atoms with Gasteiger partial charge in [0.05, 0.1) is 11.7 Å². The van der Waals surface area contributed by atoms with E-state index >= 15 is 0 Å². The van der Waals surface area contributed by atoms with Crippen LogP contribution in [0.25, 0.3) is 17.1 Å². The van der Waals surface area contributed by atoms with Crippen LogP contribution in [0.1, 0.15) is 24.4 Å². The maximum absolute atomic E-state index is 5.93. The van der Waals surface area contributed by atoms with Crippen molar-refractivity contribution in [2.45, 2.75) is 19.4 Å². The molecule has 0 fully saturated rings. The molecule has 0 saturated carbocycles. The summed E-state index contributed by atoms with van der Waals surface area (Å²) in [6.07, 6.45) is 4.26. The Kier molecular flexibility index (Phi) is 6.81. The van der Waals surface area contributed by atoms with Crippen LogP contribution >= 0.6 is 11.6 Å². The molecular weight excluding hydrogens is 426 g/mol. The van der Waals surface area contributed by atoms with Gasteiger partial charge in [0.1, 0.15) is 0 Å². The first-order valence-corrected chi connectivity index (χ1v) is 10.7. The smallest absolute Gasteiger partial charge is 0.228 e. The Morgan fingerprint density at radius 2 is 2.03 bits per heavy atom. The summed E-state index contributed by atoms with van der Waals surface area (Å²) in [6, 6.07) is 17.5. The highest BCUT2D eigenvalue weighted by atomic mass is 35.5. The predicted octanol–water partition coefficient (Wildman–Crippen LogP) is 4.04. The fraction of sp³-hybridized carbons (Fsp3) is 0.217. The summed E-state index contributed by atoms with van der Waals surface area (Å²) in [5.41, 5.74) is 3.00. The lowest BCUT2D eigenvalue weighted by Gasteiger charge is -2.18. The highest BCUT2D eigenvalue weighted by molar-refractivity contribution is 6.30. The molecule has 0 aliphatic heterocycles. The molecule has 8 nitrogen and oxygen atoms in total. The Balaban J connectivity index is 1.31. The average molecular weight is 450 g/mol. The number of rotatable bonds is 7. The van der Waals surface area contributed by atoms with E-state index in [1.165, 1.54) is 0 Å². The van der Waals surface area contributed by atoms with Crippen LogP contribution in [-0.4, -0.2) is 39.5 Å². The van der Waals surface area contributed by atoms with E-state index in [9.17, 15) is 0 Å². The number of hydrogen-bond acceptors (Lipinski definition) is 5. The van der Waals surface area contributed by atoms with Gasteiger partial charge >= 0.3 is 0 Å². The van der Waals surface area contributed by atoms with Crippen LogP contribution in [0, 0.1) is 0 Å². The van der Waals surface area contributed by atoms with Gasteiger partial charge in [-0.25, -0.2) is 4.68 Å². The van der Waals surface area contributed by atoms with Gasteiger partial charge in [0.15, 0.2) is 5.96 Å². The molecule has 9 heteroatoms. The van der Waals surface area contributed by atoms with E-state index in [4.69, 9.17) is 16.1 Å². The summed E-state index contributed by atoms with van der Waals surface area (Å²) in [6.45, 7) is 2.69. The largest absolute Gasteiger partial charge is 0.356 e. The topological polar surface area (TPSA) is 93.2 Å². The first kappa shape index (κ1) is 21.6. The molecule has 1 unspecified atom stereocenters. The van der Waals surface area contributed by atoms with Crippen LogP contribution in [0.15, 0.2) is 76.5 Å². The second kappa shape index (κ2) is 10.1. The van der Waals surface area contributed by atoms with Crippen LogP contribution in [0.3, 0.4) is 0 Å². The molecule has 0 amide bonds. The van der Waals surface area contributed by atoms with E-state index in [1.54, 1.807) is 25.4 Å². The van der Waals surface area contributed by atoms with E-state index in [0.29, 0.717) is 35.7 Å². The zero-order valence-corrected chi connectivity index (χ0v) is 18.6. The Bertz CT molecular complexity index is 1170. The van der Waals surface area contributed by atoms with Gasteiger partial charge in [-0.3, -0.25) is 4.99 Å². The van der Waals surface area contributed by atoms with Crippen LogP contribution in [0.5, 0.6) is 0 Å². The molecule has 0 aliphatic rings. The number of guanidine groups is 1. The van der Waals surface area contributed by atoms with Crippen molar-refractivity contribution >= 4 is 17.6 Å². The molecule has 2 aromatic heterocycles. The van der Waals surface area contributed by atoms with Crippen molar-refractivity contribution in [3.63, 3.8) is 0 Å². The molecule has 1 atom stereocenters. The van der Waals surface area contributed by atoms with Crippen molar-refractivity contribution in [2.75, 3.05) is 13.6 Å². The number of halogens is 1. The standard InChI is InChI=1S/C23H24ClN7O/c1-16(18-5-3-6-20(15-18)31-14-4-12-27-31)28-23(25-2)26-13-11-21-29-22(30-32-21)17-7-9-19(24)10-8-17/h3-10,12,14-16H,11,13H2,1-2H3,(H2,25,26,28). The third-order valence-corrected chi connectivity index (χ3v) is 5.17. The molecule has 0 saturated heterocycles. The summed E-state index contributed by atoms with van der Waals surface area (Å²) in [5, 5.41) is 15.7. The maximum atomic E-state index is 5.93. The van der Waals surface area contributed by atoms with Crippen LogP contribution in [0.2, 0.25) is 5.02 Å². The van der Waals surface area contributed by atoms with Crippen molar-refractivity contribution in [1.82, 2.24) is 30.6 Å². The first-order chi connectivity index (χ1) is 15.6. The molecule has 32 heavy (non-hydrogen) atoms. The number of nitrogens with one attached hydrogen (secondary N) is 2. The Hall–Kier alpha value is -3.65. The summed E-state index contributed by atoms with van der Waals surface area (Å²) >= 11 is 5.93. The van der Waals surface area contributed by atoms with E-state index in [1.807, 2.05) is 41.2 Å². The first-order valence-electron chi connectivity index (χ1n) is 10.3. The number of benzene rings is 2. The third kappa shape index (κ3) is 5.33. The second-order valence-electron chi connectivity index (χ2n) is 7.18. The molecule has 0 bridgehead atoms. The SMILES string of the molecule is CN=C(NCCc1nc(-c2ccc(Cl)cc2)no1)NC(C)c1cccc(-n2cccn2)c1. The fourth-order valence-corrected chi connectivity index (χ4v) is 3.33. The Morgan fingerprint density at radius 1 is 1.19 bits per heavy atom. The summed E-state index contributed by atoms with van der Waals surface area (Å²) < 4.78 is 7.20. The van der Waals surface area contributed by atoms with Gasteiger partial charge in [-0.2, -0.15) is 10.1 Å². The van der Waals surface area contributed by atoms with Crippen molar-refractivity contribution in [2.24, 2.45) is 4.99 Å². The normalized spacial score (nSPS) is 12.5. The fourth-order valence-electron chi connectivity index (χ4n) is 3.20. The molecule has 2 N–H and O–H groups in total. The minimum absolute atomic E-state index is 0.0524. The number of hydrogen-bond donors (Lipinski definition) is 2. The highest BCUT2D eigenvalue weighted by Gasteiger charge is 2.11. The molecule has 0 radical (unpaired) electrons. The zero-order valence-electron chi connectivity index (χ0n) is 17.9. The van der Waals surface area contributed by atoms with Crippen molar-refractivity contribution in [3.05, 3.63) is 83.5 Å². The van der Waals surface area contributed by atoms with Gasteiger partial charge < -0.3 is 15.2 Å². The van der Waals surface area contributed by atoms with Crippen LogP contribution < -0.4 is 10.6 Å². The Labute approximate surface area is 191 Å². The monoisotopic (exact) mass is 449 g/mol. The van der Waals surface area contributed by atoms with Gasteiger partial charge in [0.2, 0.25) is 11.7 Å². The number of aromatic nitrogens is 4. The molecule has 0 spiro atoms. The second-order valence-corrected chi connectivity index (χ2v) is 7.62. The quantitative estimate of drug-likeness (QED) is 0.326. The van der Waals surface area contributed by atoms with Gasteiger partial charge in [-0.15, -0.1) is 0 Å². The van der Waals surface area contributed by atoms with Crippen molar-refractivity contribution < 1.29 is 4.52 Å². The molecule has 164 valence electrons. The summed E-state index contributed by atoms with van der Waals surface area (Å²) in [5.74, 6) is 1.79. The summed E-state index contributed by atoms with van der Waals surface area (Å²) in [4.78, 5) is 8.76. The molecule has 2 aromatic carbocycles. The summed E-state index contributed by atoms with van der Waals surface area (Å²) in [7, 11) is 1.74. The van der Waals surface area contributed by atoms with Gasteiger partial charge in [-0.05, 0) is 55.0 Å². The number of aliphatic imine (C=N–C) groups is 1. The molecule has 4 rings (SSSR count). The minimum Gasteiger partial charge on any atom is -0.356 e. The lowest BCUT2D eigenvalue weighted by Crippen LogP contribution is -2.39. The lowest BCUT2D eigenvalue weighted by atomic mass is 10.1. The average Bonchev–Trinajstić information content (AvgIpc) is 3.52. The van der Waals surface area contributed by atoms with E-state index in [2.05, 4.69) is 49.9 Å². The molecule has 0 aliphatic carbocycles. The molecule has 2 heterocycles. The molecule has 4 aromatic rings. The van der Waals surface area contributed by atoms with E-state index < -0.39 is 0 Å². The zero-order chi connectivity index (χ0) is 22.3. The minimum atomic E-state index is 0.0524. The van der Waals surface area contributed by atoms with Gasteiger partial charge in [-0.1, -0.05) is 28.9 Å². The maximum Gasteiger partial charge on any atom is 0.228 e. The van der Waals surface area contributed by atoms with Crippen LogP contribution in [-0.2, 0) is 6.42 Å². The van der Waals surface area contributed by atoms with Crippen molar-refractivity contribution in [1.29, 1.82) is 0 Å². The number of nitrogens with zero attached hydrogens (tertiary/aromatic N) is 5. The van der Waals surface area contributed by atoms with Crippen molar-refractivity contribution in [3.8, 4) is 17.1 Å². The Morgan fingerprint density at radius 3 is 2.78 bits per heavy atom. The lowest BCUT2D eigenvalue weighted by molar-refractivity contribution is 0.378. The van der Waals surface area contributed by atoms with E-state index in [-0.39, 0.29) is 6.04 Å². The molecular formula is C23H24ClN7O. The van der Waals surface area contributed by atoms with Crippen LogP contribution in [0.4, 0.5) is 0 Å².